The molecule has 2 aromatic heterocycles. The Morgan fingerprint density at radius 3 is 2.77 bits per heavy atom. The first-order valence-electron chi connectivity index (χ1n) is 10.3. The summed E-state index contributed by atoms with van der Waals surface area (Å²) < 4.78 is 5.86. The van der Waals surface area contributed by atoms with Crippen LogP contribution in [0.3, 0.4) is 0 Å². The van der Waals surface area contributed by atoms with E-state index in [-0.39, 0.29) is 18.1 Å². The number of para-hydroxylation sites is 1. The molecule has 2 unspecified atom stereocenters. The number of aromatic amines is 1. The lowest BCUT2D eigenvalue weighted by atomic mass is 10.1. The number of nitrogens with zero attached hydrogens (tertiary/aromatic N) is 3. The van der Waals surface area contributed by atoms with Crippen molar-refractivity contribution in [2.24, 2.45) is 0 Å². The highest BCUT2D eigenvalue weighted by Gasteiger charge is 2.23. The van der Waals surface area contributed by atoms with E-state index in [4.69, 9.17) is 9.72 Å². The van der Waals surface area contributed by atoms with Crippen molar-refractivity contribution in [2.75, 3.05) is 23.3 Å². The smallest absolute Gasteiger partial charge is 0.259 e. The number of H-pyrrole nitrogens is 1. The van der Waals surface area contributed by atoms with Crippen molar-refractivity contribution in [3.8, 4) is 11.4 Å². The highest BCUT2D eigenvalue weighted by molar-refractivity contribution is 7.13. The van der Waals surface area contributed by atoms with Crippen molar-refractivity contribution in [2.45, 2.75) is 26.1 Å². The number of amides is 1. The van der Waals surface area contributed by atoms with Crippen molar-refractivity contribution >= 4 is 39.1 Å². The summed E-state index contributed by atoms with van der Waals surface area (Å²) >= 11 is 1.38. The van der Waals surface area contributed by atoms with E-state index in [0.29, 0.717) is 16.2 Å². The zero-order valence-corrected chi connectivity index (χ0v) is 18.1. The maximum absolute atomic E-state index is 12.8. The van der Waals surface area contributed by atoms with Crippen LogP contribution in [0.15, 0.2) is 54.0 Å². The monoisotopic (exact) mass is 433 g/mol. The largest absolute Gasteiger partial charge is 0.372 e. The molecule has 4 aromatic rings. The number of hydrogen-bond donors (Lipinski definition) is 2. The van der Waals surface area contributed by atoms with E-state index in [0.717, 1.165) is 35.7 Å². The molecule has 1 aliphatic rings. The van der Waals surface area contributed by atoms with Gasteiger partial charge in [0, 0.05) is 35.9 Å². The molecule has 1 saturated heterocycles. The molecule has 2 aromatic carbocycles. The molecule has 0 saturated carbocycles. The minimum absolute atomic E-state index is 0.192. The second kappa shape index (κ2) is 8.13. The second-order valence-electron chi connectivity index (χ2n) is 7.79. The van der Waals surface area contributed by atoms with Crippen molar-refractivity contribution in [1.82, 2.24) is 15.0 Å². The summed E-state index contributed by atoms with van der Waals surface area (Å²) in [5, 5.41) is 5.23. The molecule has 2 N–H and O–H groups in total. The molecule has 7 nitrogen and oxygen atoms in total. The number of rotatable bonds is 4. The van der Waals surface area contributed by atoms with Crippen LogP contribution in [-0.4, -0.2) is 46.2 Å². The average Bonchev–Trinajstić information content (AvgIpc) is 3.42. The van der Waals surface area contributed by atoms with Crippen LogP contribution in [0, 0.1) is 0 Å². The lowest BCUT2D eigenvalue weighted by Gasteiger charge is -2.37. The molecule has 1 aliphatic heterocycles. The maximum atomic E-state index is 12.8. The molecular formula is C23H23N5O2S. The molecule has 1 fully saturated rings. The second-order valence-corrected chi connectivity index (χ2v) is 8.69. The summed E-state index contributed by atoms with van der Waals surface area (Å²) in [4.78, 5) is 27.4. The standard InChI is InChI=1S/C23H23N5O2S/c1-14-12-28(13-15(2)30-14)17-6-3-5-16(11-17)21-25-19-8-4-7-18(20(19)26-21)22(29)27-23-24-9-10-31-23/h3-11,14-15H,12-13H2,1-2H3,(H,25,26)(H,24,27,29). The topological polar surface area (TPSA) is 83.1 Å². The van der Waals surface area contributed by atoms with Gasteiger partial charge in [-0.1, -0.05) is 18.2 Å². The van der Waals surface area contributed by atoms with Crippen molar-refractivity contribution < 1.29 is 9.53 Å². The van der Waals surface area contributed by atoms with E-state index in [1.54, 1.807) is 12.3 Å². The van der Waals surface area contributed by atoms with Crippen LogP contribution in [0.2, 0.25) is 0 Å². The van der Waals surface area contributed by atoms with Crippen LogP contribution in [0.1, 0.15) is 24.2 Å². The third kappa shape index (κ3) is 4.04. The van der Waals surface area contributed by atoms with Crippen LogP contribution in [-0.2, 0) is 4.74 Å². The van der Waals surface area contributed by atoms with Gasteiger partial charge < -0.3 is 14.6 Å². The normalized spacial score (nSPS) is 19.0. The fourth-order valence-electron chi connectivity index (χ4n) is 4.04. The summed E-state index contributed by atoms with van der Waals surface area (Å²) in [5.74, 6) is 0.518. The van der Waals surface area contributed by atoms with Gasteiger partial charge >= 0.3 is 0 Å². The van der Waals surface area contributed by atoms with Gasteiger partial charge in [0.1, 0.15) is 11.3 Å². The van der Waals surface area contributed by atoms with Gasteiger partial charge in [0.25, 0.3) is 5.91 Å². The van der Waals surface area contributed by atoms with E-state index in [2.05, 4.69) is 46.2 Å². The predicted molar refractivity (Wildman–Crippen MR) is 124 cm³/mol. The lowest BCUT2D eigenvalue weighted by molar-refractivity contribution is -0.00521. The van der Waals surface area contributed by atoms with Crippen LogP contribution >= 0.6 is 11.3 Å². The SMILES string of the molecule is CC1CN(c2cccc(-c3nc4c(C(=O)Nc5nccs5)cccc4[nH]3)c2)CC(C)O1. The fourth-order valence-corrected chi connectivity index (χ4v) is 4.56. The number of carbonyl (C=O) groups is 1. The van der Waals surface area contributed by atoms with Gasteiger partial charge in [-0.25, -0.2) is 9.97 Å². The number of fused-ring (bicyclic) bond motifs is 1. The number of hydrogen-bond acceptors (Lipinski definition) is 6. The van der Waals surface area contributed by atoms with E-state index in [1.807, 2.05) is 29.6 Å². The summed E-state index contributed by atoms with van der Waals surface area (Å²) in [6, 6.07) is 13.9. The number of ether oxygens (including phenoxy) is 1. The Hall–Kier alpha value is -3.23. The molecule has 0 aliphatic carbocycles. The molecule has 3 heterocycles. The molecular weight excluding hydrogens is 410 g/mol. The molecule has 2 atom stereocenters. The fraction of sp³-hybridized carbons (Fsp3) is 0.261. The highest BCUT2D eigenvalue weighted by Crippen LogP contribution is 2.28. The van der Waals surface area contributed by atoms with Crippen molar-refractivity contribution in [3.63, 3.8) is 0 Å². The zero-order valence-electron chi connectivity index (χ0n) is 17.3. The van der Waals surface area contributed by atoms with Crippen LogP contribution in [0.4, 0.5) is 10.8 Å². The Kier molecular flexibility index (Phi) is 5.17. The first-order chi connectivity index (χ1) is 15.1. The average molecular weight is 434 g/mol. The van der Waals surface area contributed by atoms with E-state index in [9.17, 15) is 4.79 Å². The Labute approximate surface area is 184 Å². The van der Waals surface area contributed by atoms with E-state index >= 15 is 0 Å². The Bertz CT molecular complexity index is 1210. The summed E-state index contributed by atoms with van der Waals surface area (Å²) in [7, 11) is 0. The molecule has 1 amide bonds. The molecule has 31 heavy (non-hydrogen) atoms. The number of imidazole rings is 1. The number of thiazole rings is 1. The van der Waals surface area contributed by atoms with Crippen LogP contribution in [0.25, 0.3) is 22.4 Å². The third-order valence-electron chi connectivity index (χ3n) is 5.31. The van der Waals surface area contributed by atoms with Gasteiger partial charge in [0.2, 0.25) is 0 Å². The van der Waals surface area contributed by atoms with Gasteiger partial charge in [-0.2, -0.15) is 0 Å². The summed E-state index contributed by atoms with van der Waals surface area (Å²) in [6.45, 7) is 5.91. The predicted octanol–water partition coefficient (Wildman–Crippen LogP) is 4.55. The van der Waals surface area contributed by atoms with Crippen LogP contribution < -0.4 is 10.2 Å². The minimum atomic E-state index is -0.219. The molecule has 0 spiro atoms. The summed E-state index contributed by atoms with van der Waals surface area (Å²) in [6.07, 6.45) is 2.05. The highest BCUT2D eigenvalue weighted by atomic mass is 32.1. The third-order valence-corrected chi connectivity index (χ3v) is 6.00. The zero-order chi connectivity index (χ0) is 21.4. The van der Waals surface area contributed by atoms with Gasteiger partial charge in [-0.15, -0.1) is 11.3 Å². The molecule has 5 rings (SSSR count). The molecule has 158 valence electrons. The number of anilines is 2. The number of benzene rings is 2. The van der Waals surface area contributed by atoms with Gasteiger partial charge in [0.15, 0.2) is 5.13 Å². The molecule has 8 heteroatoms. The Balaban J connectivity index is 1.46. The number of aromatic nitrogens is 3. The minimum Gasteiger partial charge on any atom is -0.372 e. The van der Waals surface area contributed by atoms with Crippen molar-refractivity contribution in [1.29, 1.82) is 0 Å². The van der Waals surface area contributed by atoms with E-state index < -0.39 is 0 Å². The lowest BCUT2D eigenvalue weighted by Crippen LogP contribution is -2.45. The Morgan fingerprint density at radius 1 is 1.19 bits per heavy atom. The first kappa shape index (κ1) is 19.7. The maximum Gasteiger partial charge on any atom is 0.259 e. The number of carbonyl (C=O) groups excluding carboxylic acids is 1. The van der Waals surface area contributed by atoms with Crippen LogP contribution in [0.5, 0.6) is 0 Å². The number of nitrogens with one attached hydrogen (secondary N) is 2. The number of morpholine rings is 1. The van der Waals surface area contributed by atoms with Gasteiger partial charge in [-0.3, -0.25) is 10.1 Å². The Morgan fingerprint density at radius 2 is 2.00 bits per heavy atom. The van der Waals surface area contributed by atoms with Crippen molar-refractivity contribution in [3.05, 3.63) is 59.6 Å². The molecule has 0 radical (unpaired) electrons. The first-order valence-corrected chi connectivity index (χ1v) is 11.2. The molecule has 0 bridgehead atoms. The van der Waals surface area contributed by atoms with E-state index in [1.165, 1.54) is 11.3 Å². The quantitative estimate of drug-likeness (QED) is 0.493. The van der Waals surface area contributed by atoms with Gasteiger partial charge in [0.05, 0.1) is 23.3 Å². The van der Waals surface area contributed by atoms with Gasteiger partial charge in [-0.05, 0) is 38.1 Å². The summed E-state index contributed by atoms with van der Waals surface area (Å²) in [5.41, 5.74) is 4.10.